The highest BCUT2D eigenvalue weighted by Gasteiger charge is 2.25. The Labute approximate surface area is 129 Å². The summed E-state index contributed by atoms with van der Waals surface area (Å²) < 4.78 is 0. The van der Waals surface area contributed by atoms with Gasteiger partial charge in [-0.2, -0.15) is 5.26 Å². The quantitative estimate of drug-likeness (QED) is 0.859. The van der Waals surface area contributed by atoms with E-state index >= 15 is 0 Å². The highest BCUT2D eigenvalue weighted by atomic mass is 16.3. The molecule has 112 valence electrons. The van der Waals surface area contributed by atoms with E-state index in [1.807, 2.05) is 42.3 Å². The molecule has 1 aliphatic rings. The molecule has 1 N–H and O–H groups in total. The van der Waals surface area contributed by atoms with Crippen molar-refractivity contribution in [2.45, 2.75) is 13.1 Å². The minimum absolute atomic E-state index is 0.0436. The molecular formula is C16H17N5O. The molecule has 0 atom stereocenters. The first-order valence-electron chi connectivity index (χ1n) is 7.15. The van der Waals surface area contributed by atoms with Gasteiger partial charge in [-0.05, 0) is 0 Å². The molecule has 2 aromatic rings. The predicted octanol–water partition coefficient (Wildman–Crippen LogP) is 1.37. The van der Waals surface area contributed by atoms with E-state index in [2.05, 4.69) is 16.2 Å². The highest BCUT2D eigenvalue weighted by Crippen LogP contribution is 2.31. The van der Waals surface area contributed by atoms with Crippen molar-refractivity contribution in [2.24, 2.45) is 0 Å². The molecule has 0 saturated heterocycles. The molecule has 6 nitrogen and oxygen atoms in total. The zero-order valence-corrected chi connectivity index (χ0v) is 12.4. The van der Waals surface area contributed by atoms with E-state index in [0.29, 0.717) is 25.6 Å². The largest absolute Gasteiger partial charge is 0.395 e. The Balaban J connectivity index is 2.10. The first-order chi connectivity index (χ1) is 10.7. The number of rotatable bonds is 4. The molecule has 0 unspecified atom stereocenters. The Kier molecular flexibility index (Phi) is 3.90. The van der Waals surface area contributed by atoms with Crippen molar-refractivity contribution in [1.82, 2.24) is 14.9 Å². The van der Waals surface area contributed by atoms with Crippen LogP contribution in [-0.4, -0.2) is 40.2 Å². The average molecular weight is 295 g/mol. The molecule has 2 heterocycles. The maximum Gasteiger partial charge on any atom is 0.226 e. The van der Waals surface area contributed by atoms with Crippen LogP contribution in [0.25, 0.3) is 11.3 Å². The van der Waals surface area contributed by atoms with E-state index in [4.69, 9.17) is 10.4 Å². The third-order valence-corrected chi connectivity index (χ3v) is 3.74. The van der Waals surface area contributed by atoms with Gasteiger partial charge in [-0.25, -0.2) is 9.97 Å². The van der Waals surface area contributed by atoms with Crippen molar-refractivity contribution in [3.05, 3.63) is 41.6 Å². The van der Waals surface area contributed by atoms with Gasteiger partial charge in [0.25, 0.3) is 0 Å². The Morgan fingerprint density at radius 1 is 1.27 bits per heavy atom. The van der Waals surface area contributed by atoms with Crippen molar-refractivity contribution >= 4 is 5.95 Å². The third-order valence-electron chi connectivity index (χ3n) is 3.74. The highest BCUT2D eigenvalue weighted by molar-refractivity contribution is 5.66. The molecule has 0 fully saturated rings. The van der Waals surface area contributed by atoms with Gasteiger partial charge in [-0.3, -0.25) is 0 Å². The lowest BCUT2D eigenvalue weighted by atomic mass is 10.1. The lowest BCUT2D eigenvalue weighted by molar-refractivity contribution is 0.303. The minimum atomic E-state index is 0.0436. The number of nitriles is 1. The van der Waals surface area contributed by atoms with Gasteiger partial charge in [-0.1, -0.05) is 30.3 Å². The van der Waals surface area contributed by atoms with Gasteiger partial charge in [0.1, 0.15) is 0 Å². The van der Waals surface area contributed by atoms with Gasteiger partial charge >= 0.3 is 0 Å². The van der Waals surface area contributed by atoms with Gasteiger partial charge in [0.15, 0.2) is 6.19 Å². The van der Waals surface area contributed by atoms with Crippen LogP contribution in [0.1, 0.15) is 11.3 Å². The standard InChI is InChI=1S/C16H17N5O/c1-20(7-8-22)16-18-14-10-21(11-17)9-13(14)15(19-16)12-5-3-2-4-6-12/h2-6,22H,7-10H2,1H3. The second kappa shape index (κ2) is 6.00. The van der Waals surface area contributed by atoms with Crippen LogP contribution in [0.5, 0.6) is 0 Å². The molecule has 1 aromatic heterocycles. The number of fused-ring (bicyclic) bond motifs is 1. The summed E-state index contributed by atoms with van der Waals surface area (Å²) in [7, 11) is 1.85. The number of aromatic nitrogens is 2. The maximum absolute atomic E-state index is 9.15. The van der Waals surface area contributed by atoms with Crippen LogP contribution >= 0.6 is 0 Å². The molecule has 22 heavy (non-hydrogen) atoms. The Morgan fingerprint density at radius 2 is 2.05 bits per heavy atom. The van der Waals surface area contributed by atoms with E-state index in [1.54, 1.807) is 4.90 Å². The van der Waals surface area contributed by atoms with Gasteiger partial charge < -0.3 is 14.9 Å². The number of hydrogen-bond acceptors (Lipinski definition) is 6. The van der Waals surface area contributed by atoms with Crippen LogP contribution in [0.3, 0.4) is 0 Å². The SMILES string of the molecule is CN(CCO)c1nc2c(c(-c3ccccc3)n1)CN(C#N)C2. The van der Waals surface area contributed by atoms with Crippen LogP contribution < -0.4 is 4.90 Å². The number of aliphatic hydroxyl groups is 1. The fourth-order valence-corrected chi connectivity index (χ4v) is 2.57. The van der Waals surface area contributed by atoms with E-state index in [0.717, 1.165) is 22.5 Å². The summed E-state index contributed by atoms with van der Waals surface area (Å²) >= 11 is 0. The van der Waals surface area contributed by atoms with Crippen molar-refractivity contribution in [2.75, 3.05) is 25.1 Å². The molecule has 1 aromatic carbocycles. The summed E-state index contributed by atoms with van der Waals surface area (Å²) in [5, 5.41) is 18.3. The lowest BCUT2D eigenvalue weighted by Gasteiger charge is -2.18. The van der Waals surface area contributed by atoms with Crippen LogP contribution in [0.15, 0.2) is 30.3 Å². The van der Waals surface area contributed by atoms with Crippen molar-refractivity contribution in [1.29, 1.82) is 5.26 Å². The summed E-state index contributed by atoms with van der Waals surface area (Å²) in [5.74, 6) is 0.575. The second-order valence-corrected chi connectivity index (χ2v) is 5.26. The fourth-order valence-electron chi connectivity index (χ4n) is 2.57. The van der Waals surface area contributed by atoms with Crippen molar-refractivity contribution in [3.8, 4) is 17.5 Å². The zero-order chi connectivity index (χ0) is 15.5. The molecule has 0 bridgehead atoms. The van der Waals surface area contributed by atoms with E-state index in [9.17, 15) is 0 Å². The lowest BCUT2D eigenvalue weighted by Crippen LogP contribution is -2.24. The van der Waals surface area contributed by atoms with Gasteiger partial charge in [-0.15, -0.1) is 0 Å². The fraction of sp³-hybridized carbons (Fsp3) is 0.312. The number of nitrogens with zero attached hydrogens (tertiary/aromatic N) is 5. The number of hydrogen-bond donors (Lipinski definition) is 1. The number of aliphatic hydroxyl groups excluding tert-OH is 1. The summed E-state index contributed by atoms with van der Waals surface area (Å²) in [5.41, 5.74) is 3.77. The topological polar surface area (TPSA) is 76.3 Å². The van der Waals surface area contributed by atoms with Crippen LogP contribution in [0.4, 0.5) is 5.95 Å². The zero-order valence-electron chi connectivity index (χ0n) is 12.4. The molecule has 1 aliphatic heterocycles. The summed E-state index contributed by atoms with van der Waals surface area (Å²) in [6.07, 6.45) is 2.18. The normalized spacial score (nSPS) is 12.9. The first-order valence-corrected chi connectivity index (χ1v) is 7.15. The molecule has 0 amide bonds. The van der Waals surface area contributed by atoms with E-state index < -0.39 is 0 Å². The van der Waals surface area contributed by atoms with E-state index in [-0.39, 0.29) is 6.61 Å². The van der Waals surface area contributed by atoms with Gasteiger partial charge in [0.05, 0.1) is 31.1 Å². The maximum atomic E-state index is 9.15. The van der Waals surface area contributed by atoms with Crippen LogP contribution in [-0.2, 0) is 13.1 Å². The Bertz CT molecular complexity index is 710. The monoisotopic (exact) mass is 295 g/mol. The third kappa shape index (κ3) is 2.59. The molecule has 0 radical (unpaired) electrons. The number of benzene rings is 1. The smallest absolute Gasteiger partial charge is 0.226 e. The molecular weight excluding hydrogens is 278 g/mol. The second-order valence-electron chi connectivity index (χ2n) is 5.26. The molecule has 3 rings (SSSR count). The van der Waals surface area contributed by atoms with Gasteiger partial charge in [0.2, 0.25) is 5.95 Å². The Hall–Kier alpha value is -2.65. The summed E-state index contributed by atoms with van der Waals surface area (Å²) in [6, 6.07) is 9.92. The molecule has 0 saturated carbocycles. The van der Waals surface area contributed by atoms with Crippen LogP contribution in [0.2, 0.25) is 0 Å². The average Bonchev–Trinajstić information content (AvgIpc) is 2.98. The van der Waals surface area contributed by atoms with E-state index in [1.165, 1.54) is 0 Å². The Morgan fingerprint density at radius 3 is 2.73 bits per heavy atom. The number of likely N-dealkylation sites (N-methyl/N-ethyl adjacent to an activating group) is 1. The predicted molar refractivity (Wildman–Crippen MR) is 82.7 cm³/mol. The number of anilines is 1. The van der Waals surface area contributed by atoms with Crippen molar-refractivity contribution in [3.63, 3.8) is 0 Å². The van der Waals surface area contributed by atoms with Gasteiger partial charge in [0, 0.05) is 24.7 Å². The minimum Gasteiger partial charge on any atom is -0.395 e. The summed E-state index contributed by atoms with van der Waals surface area (Å²) in [4.78, 5) is 12.7. The first kappa shape index (κ1) is 14.3. The van der Waals surface area contributed by atoms with Crippen LogP contribution in [0, 0.1) is 11.5 Å². The molecule has 0 spiro atoms. The van der Waals surface area contributed by atoms with Crippen molar-refractivity contribution < 1.29 is 5.11 Å². The summed E-state index contributed by atoms with van der Waals surface area (Å²) in [6.45, 7) is 1.56. The molecule has 0 aliphatic carbocycles. The molecule has 6 heteroatoms.